The molecule has 4 nitrogen and oxygen atoms in total. The topological polar surface area (TPSA) is 64.3 Å². The Balaban J connectivity index is 2.00. The van der Waals surface area contributed by atoms with Crippen molar-refractivity contribution in [2.45, 2.75) is 52.5 Å². The number of carbonyl (C=O) groups is 1. The molecule has 1 fully saturated rings. The van der Waals surface area contributed by atoms with Crippen LogP contribution in [0.25, 0.3) is 0 Å². The monoisotopic (exact) mass is 332 g/mol. The molecule has 4 heteroatoms. The molecule has 1 saturated carbocycles. The van der Waals surface area contributed by atoms with Crippen LogP contribution in [0.4, 0.5) is 0 Å². The van der Waals surface area contributed by atoms with E-state index in [4.69, 9.17) is 10.5 Å². The van der Waals surface area contributed by atoms with E-state index < -0.39 is 5.54 Å². The molecule has 1 aliphatic carbocycles. The SMILES string of the molecule is CC(C)COc1ccc(C(C)(C)NC(=O)[C@@H]2CCC[C@@H]2CN)cc1. The summed E-state index contributed by atoms with van der Waals surface area (Å²) in [6, 6.07) is 8.02. The van der Waals surface area contributed by atoms with Crippen molar-refractivity contribution in [1.29, 1.82) is 0 Å². The number of amides is 1. The summed E-state index contributed by atoms with van der Waals surface area (Å²) in [5, 5.41) is 3.21. The standard InChI is InChI=1S/C20H32N2O2/c1-14(2)13-24-17-10-8-16(9-11-17)20(3,4)22-19(23)18-7-5-6-15(18)12-21/h8-11,14-15,18H,5-7,12-13,21H2,1-4H3,(H,22,23)/t15-,18-/m1/s1. The first kappa shape index (κ1) is 18.8. The molecular formula is C20H32N2O2. The first-order valence-corrected chi connectivity index (χ1v) is 9.09. The van der Waals surface area contributed by atoms with Gasteiger partial charge in [0.1, 0.15) is 5.75 Å². The fourth-order valence-corrected chi connectivity index (χ4v) is 3.37. The van der Waals surface area contributed by atoms with Crippen molar-refractivity contribution in [2.75, 3.05) is 13.2 Å². The summed E-state index contributed by atoms with van der Waals surface area (Å²) in [5.74, 6) is 1.89. The van der Waals surface area contributed by atoms with Crippen molar-refractivity contribution in [3.05, 3.63) is 29.8 Å². The summed E-state index contributed by atoms with van der Waals surface area (Å²) < 4.78 is 5.72. The first-order valence-electron chi connectivity index (χ1n) is 9.09. The van der Waals surface area contributed by atoms with Gasteiger partial charge in [-0.2, -0.15) is 0 Å². The molecule has 1 aromatic rings. The molecule has 24 heavy (non-hydrogen) atoms. The smallest absolute Gasteiger partial charge is 0.224 e. The zero-order chi connectivity index (χ0) is 17.7. The van der Waals surface area contributed by atoms with E-state index in [-0.39, 0.29) is 11.8 Å². The molecule has 2 rings (SSSR count). The highest BCUT2D eigenvalue weighted by Crippen LogP contribution is 2.32. The first-order chi connectivity index (χ1) is 11.3. The number of benzene rings is 1. The Morgan fingerprint density at radius 1 is 1.29 bits per heavy atom. The Bertz CT molecular complexity index is 537. The van der Waals surface area contributed by atoms with E-state index in [2.05, 4.69) is 19.2 Å². The highest BCUT2D eigenvalue weighted by Gasteiger charge is 2.34. The second kappa shape index (κ2) is 8.02. The Morgan fingerprint density at radius 2 is 1.96 bits per heavy atom. The zero-order valence-corrected chi connectivity index (χ0v) is 15.5. The quantitative estimate of drug-likeness (QED) is 0.804. The van der Waals surface area contributed by atoms with Crippen LogP contribution in [0, 0.1) is 17.8 Å². The van der Waals surface area contributed by atoms with Gasteiger partial charge in [0.05, 0.1) is 12.1 Å². The fraction of sp³-hybridized carbons (Fsp3) is 0.650. The lowest BCUT2D eigenvalue weighted by Gasteiger charge is -2.30. The number of rotatable bonds is 7. The molecule has 1 aromatic carbocycles. The van der Waals surface area contributed by atoms with E-state index in [1.54, 1.807) is 0 Å². The molecule has 0 saturated heterocycles. The maximum atomic E-state index is 12.7. The Hall–Kier alpha value is -1.55. The third kappa shape index (κ3) is 4.73. The van der Waals surface area contributed by atoms with E-state index in [1.807, 2.05) is 38.1 Å². The number of carbonyl (C=O) groups excluding carboxylic acids is 1. The summed E-state index contributed by atoms with van der Waals surface area (Å²) in [6.07, 6.45) is 3.12. The lowest BCUT2D eigenvalue weighted by atomic mass is 9.90. The maximum Gasteiger partial charge on any atom is 0.224 e. The molecule has 0 heterocycles. The third-order valence-corrected chi connectivity index (χ3v) is 4.89. The molecule has 0 spiro atoms. The van der Waals surface area contributed by atoms with E-state index in [1.165, 1.54) is 0 Å². The average molecular weight is 332 g/mol. The molecule has 0 aromatic heterocycles. The highest BCUT2D eigenvalue weighted by molar-refractivity contribution is 5.80. The third-order valence-electron chi connectivity index (χ3n) is 4.89. The molecule has 3 N–H and O–H groups in total. The van der Waals surface area contributed by atoms with Crippen molar-refractivity contribution in [1.82, 2.24) is 5.32 Å². The van der Waals surface area contributed by atoms with Gasteiger partial charge < -0.3 is 15.8 Å². The Kier molecular flexibility index (Phi) is 6.27. The van der Waals surface area contributed by atoms with Crippen LogP contribution in [0.15, 0.2) is 24.3 Å². The molecule has 134 valence electrons. The van der Waals surface area contributed by atoms with Gasteiger partial charge in [-0.1, -0.05) is 32.4 Å². The van der Waals surface area contributed by atoms with E-state index in [9.17, 15) is 4.79 Å². The number of hydrogen-bond acceptors (Lipinski definition) is 3. The van der Waals surface area contributed by atoms with Crippen LogP contribution in [-0.2, 0) is 10.3 Å². The fourth-order valence-electron chi connectivity index (χ4n) is 3.37. The second-order valence-electron chi connectivity index (χ2n) is 7.88. The van der Waals surface area contributed by atoms with Gasteiger partial charge in [0.25, 0.3) is 0 Å². The van der Waals surface area contributed by atoms with Crippen molar-refractivity contribution >= 4 is 5.91 Å². The highest BCUT2D eigenvalue weighted by atomic mass is 16.5. The van der Waals surface area contributed by atoms with E-state index >= 15 is 0 Å². The van der Waals surface area contributed by atoms with Crippen molar-refractivity contribution in [2.24, 2.45) is 23.5 Å². The normalized spacial score (nSPS) is 21.1. The molecule has 1 amide bonds. The molecular weight excluding hydrogens is 300 g/mol. The van der Waals surface area contributed by atoms with Crippen LogP contribution in [0.1, 0.15) is 52.5 Å². The van der Waals surface area contributed by atoms with Crippen molar-refractivity contribution < 1.29 is 9.53 Å². The summed E-state index contributed by atoms with van der Waals surface area (Å²) in [4.78, 5) is 12.7. The van der Waals surface area contributed by atoms with Crippen LogP contribution in [0.2, 0.25) is 0 Å². The molecule has 0 radical (unpaired) electrons. The number of nitrogens with one attached hydrogen (secondary N) is 1. The second-order valence-corrected chi connectivity index (χ2v) is 7.88. The molecule has 2 atom stereocenters. The lowest BCUT2D eigenvalue weighted by Crippen LogP contribution is -2.45. The van der Waals surface area contributed by atoms with E-state index in [0.717, 1.165) is 30.6 Å². The molecule has 1 aliphatic rings. The summed E-state index contributed by atoms with van der Waals surface area (Å²) >= 11 is 0. The van der Waals surface area contributed by atoms with Gasteiger partial charge in [0, 0.05) is 5.92 Å². The minimum Gasteiger partial charge on any atom is -0.493 e. The van der Waals surface area contributed by atoms with Gasteiger partial charge in [-0.25, -0.2) is 0 Å². The van der Waals surface area contributed by atoms with Crippen molar-refractivity contribution in [3.8, 4) is 5.75 Å². The zero-order valence-electron chi connectivity index (χ0n) is 15.5. The minimum absolute atomic E-state index is 0.0583. The number of nitrogens with two attached hydrogens (primary N) is 1. The number of ether oxygens (including phenoxy) is 1. The van der Waals surface area contributed by atoms with Gasteiger partial charge in [-0.3, -0.25) is 4.79 Å². The van der Waals surface area contributed by atoms with Gasteiger partial charge in [-0.05, 0) is 62.8 Å². The maximum absolute atomic E-state index is 12.7. The summed E-state index contributed by atoms with van der Waals surface area (Å²) in [6.45, 7) is 9.65. The average Bonchev–Trinajstić information content (AvgIpc) is 3.01. The van der Waals surface area contributed by atoms with Crippen LogP contribution in [0.3, 0.4) is 0 Å². The van der Waals surface area contributed by atoms with Crippen LogP contribution < -0.4 is 15.8 Å². The van der Waals surface area contributed by atoms with Gasteiger partial charge >= 0.3 is 0 Å². The Labute approximate surface area is 146 Å². The van der Waals surface area contributed by atoms with Crippen LogP contribution >= 0.6 is 0 Å². The molecule has 0 bridgehead atoms. The predicted octanol–water partition coefficient (Wildman–Crippen LogP) is 3.45. The van der Waals surface area contributed by atoms with Gasteiger partial charge in [0.2, 0.25) is 5.91 Å². The van der Waals surface area contributed by atoms with Gasteiger partial charge in [-0.15, -0.1) is 0 Å². The predicted molar refractivity (Wildman–Crippen MR) is 97.8 cm³/mol. The summed E-state index contributed by atoms with van der Waals surface area (Å²) in [5.41, 5.74) is 6.48. The minimum atomic E-state index is -0.407. The lowest BCUT2D eigenvalue weighted by molar-refractivity contribution is -0.127. The van der Waals surface area contributed by atoms with Crippen molar-refractivity contribution in [3.63, 3.8) is 0 Å². The molecule has 0 unspecified atom stereocenters. The number of hydrogen-bond donors (Lipinski definition) is 2. The summed E-state index contributed by atoms with van der Waals surface area (Å²) in [7, 11) is 0. The Morgan fingerprint density at radius 3 is 2.54 bits per heavy atom. The van der Waals surface area contributed by atoms with Crippen LogP contribution in [-0.4, -0.2) is 19.1 Å². The largest absolute Gasteiger partial charge is 0.493 e. The molecule has 0 aliphatic heterocycles. The van der Waals surface area contributed by atoms with E-state index in [0.29, 0.717) is 25.0 Å². The van der Waals surface area contributed by atoms with Gasteiger partial charge in [0.15, 0.2) is 0 Å². The van der Waals surface area contributed by atoms with Crippen LogP contribution in [0.5, 0.6) is 5.75 Å².